The highest BCUT2D eigenvalue weighted by molar-refractivity contribution is 6.30. The number of nitrogens with one attached hydrogen (secondary N) is 1. The summed E-state index contributed by atoms with van der Waals surface area (Å²) >= 11 is 6.06. The van der Waals surface area contributed by atoms with Gasteiger partial charge in [0, 0.05) is 23.5 Å². The molecular weight excluding hydrogens is 502 g/mol. The van der Waals surface area contributed by atoms with Gasteiger partial charge in [-0.25, -0.2) is 0 Å². The van der Waals surface area contributed by atoms with Crippen LogP contribution in [0.2, 0.25) is 5.02 Å². The Morgan fingerprint density at radius 2 is 1.68 bits per heavy atom. The van der Waals surface area contributed by atoms with Crippen molar-refractivity contribution in [3.63, 3.8) is 0 Å². The van der Waals surface area contributed by atoms with Crippen LogP contribution in [0.4, 0.5) is 0 Å². The molecule has 0 spiro atoms. The number of carbonyl (C=O) groups is 2. The summed E-state index contributed by atoms with van der Waals surface area (Å²) in [6.45, 7) is 8.54. The molecule has 8 heteroatoms. The second kappa shape index (κ2) is 9.46. The van der Waals surface area contributed by atoms with Crippen molar-refractivity contribution in [1.82, 2.24) is 10.2 Å². The van der Waals surface area contributed by atoms with Crippen LogP contribution < -0.4 is 11.1 Å². The van der Waals surface area contributed by atoms with Gasteiger partial charge in [-0.1, -0.05) is 51.4 Å². The van der Waals surface area contributed by atoms with E-state index >= 15 is 0 Å². The number of aliphatic hydroxyl groups is 2. The largest absolute Gasteiger partial charge is 0.390 e. The molecule has 1 aromatic rings. The molecule has 210 valence electrons. The number of hydrogen-bond acceptors (Lipinski definition) is 5. The van der Waals surface area contributed by atoms with Crippen molar-refractivity contribution in [2.75, 3.05) is 13.1 Å². The highest BCUT2D eigenvalue weighted by Crippen LogP contribution is 2.62. The Hall–Kier alpha value is -1.67. The monoisotopic (exact) mass is 545 g/mol. The Kier molecular flexibility index (Phi) is 6.94. The van der Waals surface area contributed by atoms with E-state index in [0.29, 0.717) is 42.8 Å². The zero-order chi connectivity index (χ0) is 27.7. The summed E-state index contributed by atoms with van der Waals surface area (Å²) in [4.78, 5) is 29.1. The minimum Gasteiger partial charge on any atom is -0.390 e. The molecular formula is C30H44ClN3O4. The summed E-state index contributed by atoms with van der Waals surface area (Å²) in [5.74, 6) is 0.294. The van der Waals surface area contributed by atoms with Gasteiger partial charge >= 0.3 is 0 Å². The summed E-state index contributed by atoms with van der Waals surface area (Å²) < 4.78 is 0. The fraction of sp³-hybridized carbons (Fsp3) is 0.733. The van der Waals surface area contributed by atoms with Crippen molar-refractivity contribution in [2.45, 2.75) is 95.9 Å². The fourth-order valence-corrected chi connectivity index (χ4v) is 8.78. The van der Waals surface area contributed by atoms with E-state index in [1.807, 2.05) is 39.8 Å². The van der Waals surface area contributed by atoms with E-state index in [2.05, 4.69) is 5.32 Å². The minimum atomic E-state index is -1.11. The van der Waals surface area contributed by atoms with E-state index in [9.17, 15) is 19.8 Å². The highest BCUT2D eigenvalue weighted by atomic mass is 35.5. The quantitative estimate of drug-likeness (QED) is 0.436. The second-order valence-corrected chi connectivity index (χ2v) is 14.5. The Morgan fingerprint density at radius 3 is 2.21 bits per heavy atom. The zero-order valence-electron chi connectivity index (χ0n) is 23.2. The van der Waals surface area contributed by atoms with Gasteiger partial charge in [0.05, 0.1) is 17.2 Å². The van der Waals surface area contributed by atoms with Crippen LogP contribution in [0.25, 0.3) is 0 Å². The first-order valence-electron chi connectivity index (χ1n) is 14.2. The van der Waals surface area contributed by atoms with Crippen LogP contribution >= 0.6 is 11.6 Å². The van der Waals surface area contributed by atoms with Gasteiger partial charge in [-0.2, -0.15) is 0 Å². The summed E-state index contributed by atoms with van der Waals surface area (Å²) in [7, 11) is 0. The number of amides is 2. The van der Waals surface area contributed by atoms with Crippen molar-refractivity contribution >= 4 is 23.4 Å². The molecule has 4 aliphatic carbocycles. The van der Waals surface area contributed by atoms with Gasteiger partial charge in [-0.05, 0) is 85.8 Å². The maximum Gasteiger partial charge on any atom is 0.245 e. The van der Waals surface area contributed by atoms with Crippen LogP contribution in [0.3, 0.4) is 0 Å². The molecule has 4 saturated carbocycles. The standard InChI is InChI=1S/C30H44ClN3O4/c1-18(2)23(33-25(35)24(32)28-12-19-11-20(13-28)15-29(37,14-19)16-28)26(36)34-10-9-30(38,27(3,4)17-34)21-5-7-22(31)8-6-21/h5-8,18-20,23-24,37-38H,9-17,32H2,1-4H3,(H,33,35)/t19?,20?,23-,24-,28?,29?,30+/m1/s1. The molecule has 5 aliphatic rings. The predicted octanol–water partition coefficient (Wildman–Crippen LogP) is 3.59. The lowest BCUT2D eigenvalue weighted by atomic mass is 9.46. The third-order valence-corrected chi connectivity index (χ3v) is 10.6. The number of halogens is 1. The first kappa shape index (κ1) is 27.9. The number of rotatable bonds is 6. The normalized spacial score (nSPS) is 37.2. The van der Waals surface area contributed by atoms with E-state index in [-0.39, 0.29) is 17.7 Å². The summed E-state index contributed by atoms with van der Waals surface area (Å²) in [6.07, 6.45) is 5.48. The average Bonchev–Trinajstić information content (AvgIpc) is 2.81. The van der Waals surface area contributed by atoms with Crippen LogP contribution in [-0.2, 0) is 15.2 Å². The van der Waals surface area contributed by atoms with E-state index < -0.39 is 34.1 Å². The number of piperidine rings is 1. The summed E-state index contributed by atoms with van der Waals surface area (Å²) in [6, 6.07) is 5.80. The van der Waals surface area contributed by atoms with E-state index in [0.717, 1.165) is 37.7 Å². The SMILES string of the molecule is CC(C)[C@@H](NC(=O)[C@@H](N)C12CC3CC(CC(O)(C3)C1)C2)C(=O)N1CC[C@](O)(c2ccc(Cl)cc2)C(C)(C)C1. The van der Waals surface area contributed by atoms with Gasteiger partial charge in [0.1, 0.15) is 6.04 Å². The Morgan fingerprint density at radius 1 is 1.08 bits per heavy atom. The maximum atomic E-state index is 13.8. The minimum absolute atomic E-state index is 0.126. The molecule has 1 heterocycles. The van der Waals surface area contributed by atoms with Gasteiger partial charge in [-0.3, -0.25) is 9.59 Å². The molecule has 38 heavy (non-hydrogen) atoms. The molecule has 0 radical (unpaired) electrons. The zero-order valence-corrected chi connectivity index (χ0v) is 23.9. The number of likely N-dealkylation sites (tertiary alicyclic amines) is 1. The summed E-state index contributed by atoms with van der Waals surface area (Å²) in [5.41, 5.74) is 4.64. The number of carbonyl (C=O) groups excluding carboxylic acids is 2. The molecule has 5 fully saturated rings. The molecule has 5 N–H and O–H groups in total. The third-order valence-electron chi connectivity index (χ3n) is 10.3. The Labute approximate surface area is 231 Å². The molecule has 2 unspecified atom stereocenters. The molecule has 2 amide bonds. The number of nitrogens with two attached hydrogens (primary N) is 1. The molecule has 1 aromatic carbocycles. The lowest BCUT2D eigenvalue weighted by Gasteiger charge is -2.61. The first-order valence-corrected chi connectivity index (χ1v) is 14.6. The van der Waals surface area contributed by atoms with Crippen LogP contribution in [0.1, 0.15) is 78.2 Å². The van der Waals surface area contributed by atoms with Gasteiger partial charge in [0.2, 0.25) is 11.8 Å². The fourth-order valence-electron chi connectivity index (χ4n) is 8.65. The lowest BCUT2D eigenvalue weighted by Crippen LogP contribution is -2.66. The predicted molar refractivity (Wildman–Crippen MR) is 147 cm³/mol. The van der Waals surface area contributed by atoms with E-state index in [1.54, 1.807) is 17.0 Å². The molecule has 1 aliphatic heterocycles. The van der Waals surface area contributed by atoms with Crippen molar-refractivity contribution in [2.24, 2.45) is 34.3 Å². The van der Waals surface area contributed by atoms with Gasteiger partial charge in [0.25, 0.3) is 0 Å². The molecule has 4 bridgehead atoms. The van der Waals surface area contributed by atoms with Crippen molar-refractivity contribution in [3.05, 3.63) is 34.9 Å². The van der Waals surface area contributed by atoms with Crippen LogP contribution in [-0.4, -0.2) is 57.7 Å². The Bertz CT molecular complexity index is 1080. The van der Waals surface area contributed by atoms with Gasteiger partial charge in [-0.15, -0.1) is 0 Å². The highest BCUT2D eigenvalue weighted by Gasteiger charge is 2.60. The van der Waals surface area contributed by atoms with Crippen molar-refractivity contribution in [1.29, 1.82) is 0 Å². The van der Waals surface area contributed by atoms with Crippen molar-refractivity contribution in [3.8, 4) is 0 Å². The van der Waals surface area contributed by atoms with Crippen LogP contribution in [0, 0.1) is 28.6 Å². The number of nitrogens with zero attached hydrogens (tertiary/aromatic N) is 1. The molecule has 1 saturated heterocycles. The van der Waals surface area contributed by atoms with Gasteiger partial charge < -0.3 is 26.2 Å². The number of benzene rings is 1. The second-order valence-electron chi connectivity index (χ2n) is 14.0. The third kappa shape index (κ3) is 4.67. The maximum absolute atomic E-state index is 13.8. The average molecular weight is 546 g/mol. The van der Waals surface area contributed by atoms with Gasteiger partial charge in [0.15, 0.2) is 0 Å². The summed E-state index contributed by atoms with van der Waals surface area (Å²) in [5, 5.41) is 26.5. The first-order chi connectivity index (χ1) is 17.7. The molecule has 0 aromatic heterocycles. The topological polar surface area (TPSA) is 116 Å². The molecule has 6 rings (SSSR count). The van der Waals surface area contributed by atoms with Crippen molar-refractivity contribution < 1.29 is 19.8 Å². The van der Waals surface area contributed by atoms with E-state index in [1.165, 1.54) is 0 Å². The smallest absolute Gasteiger partial charge is 0.245 e. The lowest BCUT2D eigenvalue weighted by molar-refractivity contribution is -0.175. The van der Waals surface area contributed by atoms with Crippen LogP contribution in [0.5, 0.6) is 0 Å². The number of hydrogen-bond donors (Lipinski definition) is 4. The molecule has 7 nitrogen and oxygen atoms in total. The van der Waals surface area contributed by atoms with Crippen LogP contribution in [0.15, 0.2) is 24.3 Å². The Balaban J connectivity index is 1.29. The molecule has 5 atom stereocenters. The van der Waals surface area contributed by atoms with E-state index in [4.69, 9.17) is 17.3 Å².